The number of aromatic hydroxyl groups is 1. The van der Waals surface area contributed by atoms with Crippen LogP contribution in [0.3, 0.4) is 0 Å². The summed E-state index contributed by atoms with van der Waals surface area (Å²) in [4.78, 5) is 76.5. The first-order valence-corrected chi connectivity index (χ1v) is 17.6. The van der Waals surface area contributed by atoms with E-state index in [-0.39, 0.29) is 68.9 Å². The van der Waals surface area contributed by atoms with Crippen LogP contribution in [0.5, 0.6) is 5.75 Å². The molecule has 0 spiro atoms. The van der Waals surface area contributed by atoms with Crippen LogP contribution in [0.4, 0.5) is 0 Å². The maximum atomic E-state index is 13.9. The molecule has 1 aromatic rings. The van der Waals surface area contributed by atoms with Crippen LogP contribution < -0.4 is 26.6 Å². The number of likely N-dealkylation sites (N-methyl/N-ethyl adjacent to an activating group) is 1. The van der Waals surface area contributed by atoms with Gasteiger partial charge in [-0.3, -0.25) is 28.8 Å². The summed E-state index contributed by atoms with van der Waals surface area (Å²) >= 11 is 0. The van der Waals surface area contributed by atoms with Crippen molar-refractivity contribution in [2.24, 2.45) is 17.8 Å². The molecule has 14 nitrogen and oxygen atoms in total. The maximum absolute atomic E-state index is 13.9. The molecule has 51 heavy (non-hydrogen) atoms. The Hall–Kier alpha value is -4.20. The lowest BCUT2D eigenvalue weighted by Crippen LogP contribution is -2.58. The minimum Gasteiger partial charge on any atom is -0.508 e. The van der Waals surface area contributed by atoms with Crippen molar-refractivity contribution in [3.8, 4) is 5.75 Å². The van der Waals surface area contributed by atoms with Gasteiger partial charge in [-0.05, 0) is 68.1 Å². The monoisotopic (exact) mass is 721 g/mol. The summed E-state index contributed by atoms with van der Waals surface area (Å²) in [6.07, 6.45) is -0.546. The molecule has 0 radical (unpaired) electrons. The van der Waals surface area contributed by atoms with Crippen molar-refractivity contribution in [2.75, 3.05) is 6.54 Å². The fraction of sp³-hybridized carbons (Fsp3) is 0.676. The number of amides is 5. The van der Waals surface area contributed by atoms with E-state index in [1.54, 1.807) is 39.8 Å². The van der Waals surface area contributed by atoms with Gasteiger partial charge in [0.05, 0.1) is 18.6 Å². The highest BCUT2D eigenvalue weighted by Gasteiger charge is 2.33. The lowest BCUT2D eigenvalue weighted by atomic mass is 9.95. The van der Waals surface area contributed by atoms with Gasteiger partial charge in [-0.2, -0.15) is 0 Å². The number of carboxylic acid groups (broad SMARTS) is 1. The lowest BCUT2D eigenvalue weighted by Gasteiger charge is -2.30. The summed E-state index contributed by atoms with van der Waals surface area (Å²) in [6.45, 7) is 13.2. The van der Waals surface area contributed by atoms with Crippen molar-refractivity contribution in [2.45, 2.75) is 138 Å². The first kappa shape index (κ1) is 46.8. The predicted octanol–water partition coefficient (Wildman–Crippen LogP) is 2.79. The molecule has 0 aromatic heterocycles. The van der Waals surface area contributed by atoms with E-state index in [4.69, 9.17) is 5.11 Å². The Morgan fingerprint density at radius 2 is 1.37 bits per heavy atom. The molecule has 1 aromatic carbocycles. The minimum atomic E-state index is -1.31. The predicted molar refractivity (Wildman–Crippen MR) is 195 cm³/mol. The summed E-state index contributed by atoms with van der Waals surface area (Å²) in [5.41, 5.74) is 0.794. The Morgan fingerprint density at radius 1 is 0.765 bits per heavy atom. The van der Waals surface area contributed by atoms with E-state index in [0.717, 1.165) is 5.56 Å². The van der Waals surface area contributed by atoms with Crippen LogP contribution in [0.2, 0.25) is 0 Å². The summed E-state index contributed by atoms with van der Waals surface area (Å²) < 4.78 is 0. The number of hydrogen-bond donors (Lipinski definition) is 8. The van der Waals surface area contributed by atoms with E-state index >= 15 is 0 Å². The van der Waals surface area contributed by atoms with Gasteiger partial charge in [0, 0.05) is 19.4 Å². The molecule has 0 bridgehead atoms. The molecular formula is C37H63N5O9. The van der Waals surface area contributed by atoms with E-state index in [2.05, 4.69) is 26.6 Å². The third-order valence-corrected chi connectivity index (χ3v) is 8.43. The molecule has 0 unspecified atom stereocenters. The third kappa shape index (κ3) is 18.0. The van der Waals surface area contributed by atoms with Crippen LogP contribution in [0, 0.1) is 17.8 Å². The summed E-state index contributed by atoms with van der Waals surface area (Å²) in [7, 11) is 0. The van der Waals surface area contributed by atoms with Gasteiger partial charge < -0.3 is 41.9 Å². The number of aliphatic hydroxyl groups is 1. The number of aliphatic hydroxyl groups excluding tert-OH is 1. The normalized spacial score (nSPS) is 14.5. The molecule has 6 atom stereocenters. The van der Waals surface area contributed by atoms with Crippen molar-refractivity contribution >= 4 is 35.5 Å². The van der Waals surface area contributed by atoms with Crippen molar-refractivity contribution in [3.63, 3.8) is 0 Å². The molecule has 0 saturated carbocycles. The first-order valence-electron chi connectivity index (χ1n) is 17.6. The van der Waals surface area contributed by atoms with Gasteiger partial charge in [-0.1, -0.05) is 67.5 Å². The summed E-state index contributed by atoms with van der Waals surface area (Å²) in [5.74, 6) is -4.04. The number of benzene rings is 1. The van der Waals surface area contributed by atoms with Gasteiger partial charge in [-0.15, -0.1) is 0 Å². The largest absolute Gasteiger partial charge is 0.508 e. The average Bonchev–Trinajstić information content (AvgIpc) is 3.03. The zero-order chi connectivity index (χ0) is 38.0. The molecule has 1 rings (SSSR count). The van der Waals surface area contributed by atoms with Crippen molar-refractivity contribution in [1.29, 1.82) is 0 Å². The van der Waals surface area contributed by atoms with Gasteiger partial charge in [0.15, 0.2) is 0 Å². The number of phenols is 1. The van der Waals surface area contributed by atoms with E-state index in [0.29, 0.717) is 25.8 Å². The fourth-order valence-electron chi connectivity index (χ4n) is 5.34. The second-order valence-corrected chi connectivity index (χ2v) is 13.6. The zero-order valence-corrected chi connectivity index (χ0v) is 30.6. The fourth-order valence-corrected chi connectivity index (χ4v) is 5.34. The molecule has 0 aliphatic carbocycles. The Balaban J connectivity index is 0.0000250. The van der Waals surface area contributed by atoms with Gasteiger partial charge in [-0.25, -0.2) is 0 Å². The summed E-state index contributed by atoms with van der Waals surface area (Å²) in [5, 5.41) is 43.5. The number of hydrogen-bond acceptors (Lipinski definition) is 8. The molecule has 5 amide bonds. The van der Waals surface area contributed by atoms with Crippen molar-refractivity contribution in [3.05, 3.63) is 29.8 Å². The third-order valence-electron chi connectivity index (χ3n) is 8.43. The van der Waals surface area contributed by atoms with E-state index in [9.17, 15) is 39.0 Å². The van der Waals surface area contributed by atoms with Gasteiger partial charge >= 0.3 is 5.97 Å². The molecule has 0 fully saturated rings. The quantitative estimate of drug-likeness (QED) is 0.0831. The Morgan fingerprint density at radius 3 is 1.90 bits per heavy atom. The van der Waals surface area contributed by atoms with Crippen molar-refractivity contribution in [1.82, 2.24) is 26.6 Å². The van der Waals surface area contributed by atoms with Gasteiger partial charge in [0.25, 0.3) is 0 Å². The first-order chi connectivity index (χ1) is 23.5. The van der Waals surface area contributed by atoms with E-state index in [1.807, 2.05) is 20.8 Å². The zero-order valence-electron chi connectivity index (χ0n) is 30.6. The Bertz CT molecular complexity index is 1260. The average molecular weight is 722 g/mol. The van der Waals surface area contributed by atoms with Crippen LogP contribution in [0.25, 0.3) is 0 Å². The summed E-state index contributed by atoms with van der Waals surface area (Å²) in [6, 6.07) is 2.63. The second-order valence-electron chi connectivity index (χ2n) is 13.6. The Kier molecular flexibility index (Phi) is 22.1. The van der Waals surface area contributed by atoms with Crippen LogP contribution in [-0.4, -0.2) is 87.6 Å². The highest BCUT2D eigenvalue weighted by molar-refractivity contribution is 5.92. The van der Waals surface area contributed by atoms with Crippen molar-refractivity contribution < 1.29 is 44.1 Å². The maximum Gasteiger partial charge on any atom is 0.303 e. The van der Waals surface area contributed by atoms with Crippen LogP contribution in [0.1, 0.15) is 106 Å². The second kappa shape index (κ2) is 24.1. The van der Waals surface area contributed by atoms with E-state index in [1.165, 1.54) is 12.1 Å². The molecule has 8 N–H and O–H groups in total. The number of carboxylic acids is 1. The Labute approximate surface area is 303 Å². The topological polar surface area (TPSA) is 223 Å². The molecule has 0 heterocycles. The highest BCUT2D eigenvalue weighted by Crippen LogP contribution is 2.16. The minimum absolute atomic E-state index is 0. The number of aliphatic carboxylic acids is 1. The number of carbonyl (C=O) groups is 6. The van der Waals surface area contributed by atoms with Crippen LogP contribution in [-0.2, 0) is 35.2 Å². The van der Waals surface area contributed by atoms with E-state index < -0.39 is 59.9 Å². The molecule has 0 aliphatic heterocycles. The molecule has 14 heteroatoms. The molecule has 290 valence electrons. The molecular weight excluding hydrogens is 658 g/mol. The van der Waals surface area contributed by atoms with Crippen LogP contribution >= 0.6 is 0 Å². The SMILES string of the molecule is C.CCNC(=O)[C@@H](NC(=O)C[C@H](O)[C@H](CC(C)C)NC(=O)[C@H](CCc1ccc(O)cc1)NC(=O)[C@@H](NC(=O)CCCC(=O)O)[C@@H](C)CC)C(C)C. The lowest BCUT2D eigenvalue weighted by molar-refractivity contribution is -0.137. The van der Waals surface area contributed by atoms with Gasteiger partial charge in [0.1, 0.15) is 23.9 Å². The van der Waals surface area contributed by atoms with Crippen LogP contribution in [0.15, 0.2) is 24.3 Å². The standard InChI is InChI=1S/C36H59N5O9.CH4/c1-8-23(7)33(40-29(44)11-10-12-31(46)47)36(50)38-26(18-15-24-13-16-25(42)17-14-24)34(48)39-27(19-21(3)4)28(43)20-30(45)41-32(22(5)6)35(49)37-9-2;/h13-14,16-17,21-23,26-28,32-33,42-43H,8-12,15,18-20H2,1-7H3,(H,37,49)(H,38,50)(H,39,48)(H,40,44)(H,41,45)(H,46,47);1H4/t23-,26-,27-,28-,32-,33-;/m0./s1. The number of carbonyl (C=O) groups excluding carboxylic acids is 5. The number of phenolic OH excluding ortho intramolecular Hbond substituents is 1. The van der Waals surface area contributed by atoms with Gasteiger partial charge in [0.2, 0.25) is 29.5 Å². The highest BCUT2D eigenvalue weighted by atomic mass is 16.4. The number of aryl methyl sites for hydroxylation is 1. The molecule has 0 aliphatic rings. The number of nitrogens with one attached hydrogen (secondary N) is 5. The smallest absolute Gasteiger partial charge is 0.303 e. The molecule has 0 saturated heterocycles. The number of rotatable bonds is 23.